The molecule has 102 valence electrons. The molecule has 0 saturated heterocycles. The molecule has 0 aliphatic carbocycles. The van der Waals surface area contributed by atoms with Crippen molar-refractivity contribution in [3.05, 3.63) is 72.9 Å². The maximum Gasteiger partial charge on any atom is 0.226 e. The van der Waals surface area contributed by atoms with E-state index < -0.39 is 0 Å². The molecule has 0 radical (unpaired) electrons. The van der Waals surface area contributed by atoms with Crippen LogP contribution in [0.3, 0.4) is 0 Å². The highest BCUT2D eigenvalue weighted by atomic mass is 16.3. The van der Waals surface area contributed by atoms with Gasteiger partial charge in [0.25, 0.3) is 0 Å². The molecule has 4 rings (SSSR count). The Hall–Kier alpha value is -2.88. The standard InChI is InChI=1S/C17H13N3O/c1-2-6-13(7-3-1)17-19-14(11-21-17)10-20-12-18-15-8-4-5-9-16(15)20/h1-9,11-12H,10H2. The fourth-order valence-corrected chi connectivity index (χ4v) is 2.40. The number of hydrogen-bond acceptors (Lipinski definition) is 3. The molecule has 0 aliphatic rings. The van der Waals surface area contributed by atoms with Crippen LogP contribution < -0.4 is 0 Å². The average molecular weight is 275 g/mol. The van der Waals surface area contributed by atoms with Gasteiger partial charge in [0.15, 0.2) is 0 Å². The van der Waals surface area contributed by atoms with Gasteiger partial charge >= 0.3 is 0 Å². The molecule has 0 spiro atoms. The average Bonchev–Trinajstić information content (AvgIpc) is 3.17. The van der Waals surface area contributed by atoms with E-state index in [9.17, 15) is 0 Å². The van der Waals surface area contributed by atoms with Gasteiger partial charge in [0.2, 0.25) is 5.89 Å². The molecular weight excluding hydrogens is 262 g/mol. The fraction of sp³-hybridized carbons (Fsp3) is 0.0588. The largest absolute Gasteiger partial charge is 0.444 e. The summed E-state index contributed by atoms with van der Waals surface area (Å²) in [5, 5.41) is 0. The molecule has 4 aromatic rings. The second-order valence-corrected chi connectivity index (χ2v) is 4.87. The summed E-state index contributed by atoms with van der Waals surface area (Å²) in [6.45, 7) is 0.650. The van der Waals surface area contributed by atoms with Crippen LogP contribution in [0.25, 0.3) is 22.5 Å². The third kappa shape index (κ3) is 2.21. The first-order valence-corrected chi connectivity index (χ1v) is 6.80. The van der Waals surface area contributed by atoms with E-state index >= 15 is 0 Å². The molecule has 0 amide bonds. The second-order valence-electron chi connectivity index (χ2n) is 4.87. The van der Waals surface area contributed by atoms with Crippen LogP contribution in [0.2, 0.25) is 0 Å². The number of benzene rings is 2. The Morgan fingerprint density at radius 2 is 1.76 bits per heavy atom. The summed E-state index contributed by atoms with van der Waals surface area (Å²) in [5.41, 5.74) is 3.96. The van der Waals surface area contributed by atoms with Crippen molar-refractivity contribution in [1.29, 1.82) is 0 Å². The van der Waals surface area contributed by atoms with Gasteiger partial charge in [-0.1, -0.05) is 30.3 Å². The van der Waals surface area contributed by atoms with Gasteiger partial charge < -0.3 is 8.98 Å². The molecule has 0 bridgehead atoms. The number of oxazole rings is 1. The lowest BCUT2D eigenvalue weighted by molar-refractivity contribution is 0.571. The summed E-state index contributed by atoms with van der Waals surface area (Å²) >= 11 is 0. The molecule has 2 aromatic carbocycles. The van der Waals surface area contributed by atoms with Gasteiger partial charge in [0.1, 0.15) is 6.26 Å². The van der Waals surface area contributed by atoms with Crippen LogP contribution in [0.15, 0.2) is 71.6 Å². The fourth-order valence-electron chi connectivity index (χ4n) is 2.40. The molecule has 21 heavy (non-hydrogen) atoms. The van der Waals surface area contributed by atoms with Gasteiger partial charge in [-0.05, 0) is 24.3 Å². The Morgan fingerprint density at radius 3 is 2.67 bits per heavy atom. The lowest BCUT2D eigenvalue weighted by Gasteiger charge is -2.00. The molecule has 4 nitrogen and oxygen atoms in total. The molecule has 0 N–H and O–H groups in total. The zero-order valence-electron chi connectivity index (χ0n) is 11.3. The lowest BCUT2D eigenvalue weighted by Crippen LogP contribution is -1.98. The molecule has 0 atom stereocenters. The maximum atomic E-state index is 5.57. The number of aromatic nitrogens is 3. The van der Waals surface area contributed by atoms with Crippen molar-refractivity contribution in [1.82, 2.24) is 14.5 Å². The Balaban J connectivity index is 1.65. The monoisotopic (exact) mass is 275 g/mol. The van der Waals surface area contributed by atoms with Crippen LogP contribution in [0.5, 0.6) is 0 Å². The minimum absolute atomic E-state index is 0.648. The van der Waals surface area contributed by atoms with Gasteiger partial charge in [0.05, 0.1) is 29.6 Å². The van der Waals surface area contributed by atoms with Crippen LogP contribution in [-0.4, -0.2) is 14.5 Å². The van der Waals surface area contributed by atoms with Crippen molar-refractivity contribution < 1.29 is 4.42 Å². The van der Waals surface area contributed by atoms with E-state index in [1.165, 1.54) is 0 Å². The third-order valence-electron chi connectivity index (χ3n) is 3.43. The van der Waals surface area contributed by atoms with Crippen molar-refractivity contribution in [2.24, 2.45) is 0 Å². The Kier molecular flexibility index (Phi) is 2.78. The Morgan fingerprint density at radius 1 is 0.952 bits per heavy atom. The first-order valence-electron chi connectivity index (χ1n) is 6.80. The molecule has 0 saturated carbocycles. The number of rotatable bonds is 3. The van der Waals surface area contributed by atoms with Gasteiger partial charge in [-0.2, -0.15) is 0 Å². The third-order valence-corrected chi connectivity index (χ3v) is 3.43. The van der Waals surface area contributed by atoms with Gasteiger partial charge in [-0.3, -0.25) is 0 Å². The quantitative estimate of drug-likeness (QED) is 0.572. The van der Waals surface area contributed by atoms with E-state index in [1.54, 1.807) is 6.26 Å². The normalized spacial score (nSPS) is 11.0. The predicted molar refractivity (Wildman–Crippen MR) is 80.8 cm³/mol. The maximum absolute atomic E-state index is 5.57. The summed E-state index contributed by atoms with van der Waals surface area (Å²) in [7, 11) is 0. The van der Waals surface area contributed by atoms with Crippen molar-refractivity contribution in [3.63, 3.8) is 0 Å². The van der Waals surface area contributed by atoms with E-state index in [4.69, 9.17) is 4.42 Å². The van der Waals surface area contributed by atoms with E-state index in [-0.39, 0.29) is 0 Å². The molecule has 4 heteroatoms. The molecule has 2 heterocycles. The van der Waals surface area contributed by atoms with Crippen LogP contribution in [0.1, 0.15) is 5.69 Å². The second kappa shape index (κ2) is 4.90. The zero-order chi connectivity index (χ0) is 14.1. The minimum Gasteiger partial charge on any atom is -0.444 e. The molecule has 0 aliphatic heterocycles. The SMILES string of the molecule is c1ccc(-c2nc(Cn3cnc4ccccc43)co2)cc1. The number of hydrogen-bond donors (Lipinski definition) is 0. The first kappa shape index (κ1) is 11.9. The van der Waals surface area contributed by atoms with Crippen LogP contribution in [0.4, 0.5) is 0 Å². The molecule has 0 unspecified atom stereocenters. The first-order chi connectivity index (χ1) is 10.4. The molecular formula is C17H13N3O. The van der Waals surface area contributed by atoms with E-state index in [0.717, 1.165) is 22.3 Å². The summed E-state index contributed by atoms with van der Waals surface area (Å²) in [5.74, 6) is 0.648. The van der Waals surface area contributed by atoms with Crippen LogP contribution >= 0.6 is 0 Å². The van der Waals surface area contributed by atoms with Crippen molar-refractivity contribution >= 4 is 11.0 Å². The molecule has 0 fully saturated rings. The van der Waals surface area contributed by atoms with E-state index in [2.05, 4.69) is 20.6 Å². The number of fused-ring (bicyclic) bond motifs is 1. The summed E-state index contributed by atoms with van der Waals surface area (Å²) in [6, 6.07) is 18.0. The van der Waals surface area contributed by atoms with Crippen LogP contribution in [0, 0.1) is 0 Å². The van der Waals surface area contributed by atoms with Crippen molar-refractivity contribution in [2.45, 2.75) is 6.54 Å². The van der Waals surface area contributed by atoms with Gasteiger partial charge in [-0.25, -0.2) is 9.97 Å². The number of imidazole rings is 1. The number of para-hydroxylation sites is 2. The topological polar surface area (TPSA) is 43.9 Å². The van der Waals surface area contributed by atoms with E-state index in [0.29, 0.717) is 12.4 Å². The minimum atomic E-state index is 0.648. The number of nitrogens with zero attached hydrogens (tertiary/aromatic N) is 3. The lowest BCUT2D eigenvalue weighted by atomic mass is 10.2. The van der Waals surface area contributed by atoms with E-state index in [1.807, 2.05) is 54.9 Å². The van der Waals surface area contributed by atoms with Crippen molar-refractivity contribution in [3.8, 4) is 11.5 Å². The summed E-state index contributed by atoms with van der Waals surface area (Å²) in [4.78, 5) is 8.93. The van der Waals surface area contributed by atoms with Crippen LogP contribution in [-0.2, 0) is 6.54 Å². The van der Waals surface area contributed by atoms with Gasteiger partial charge in [0, 0.05) is 5.56 Å². The summed E-state index contributed by atoms with van der Waals surface area (Å²) in [6.07, 6.45) is 3.54. The van der Waals surface area contributed by atoms with Gasteiger partial charge in [-0.15, -0.1) is 0 Å². The zero-order valence-corrected chi connectivity index (χ0v) is 11.3. The Bertz CT molecular complexity index is 877. The summed E-state index contributed by atoms with van der Waals surface area (Å²) < 4.78 is 7.64. The predicted octanol–water partition coefficient (Wildman–Crippen LogP) is 3.74. The highest BCUT2D eigenvalue weighted by Crippen LogP contribution is 2.19. The highest BCUT2D eigenvalue weighted by molar-refractivity contribution is 5.75. The van der Waals surface area contributed by atoms with Crippen molar-refractivity contribution in [2.75, 3.05) is 0 Å². The highest BCUT2D eigenvalue weighted by Gasteiger charge is 2.08. The molecule has 2 aromatic heterocycles. The smallest absolute Gasteiger partial charge is 0.226 e. The Labute approximate surface area is 121 Å².